The van der Waals surface area contributed by atoms with E-state index in [9.17, 15) is 14.9 Å². The average molecular weight is 397 g/mol. The number of thiophene rings is 1. The van der Waals surface area contributed by atoms with E-state index in [2.05, 4.69) is 11.9 Å². The van der Waals surface area contributed by atoms with Crippen LogP contribution in [0.2, 0.25) is 4.34 Å². The quantitative estimate of drug-likeness (QED) is 0.387. The second-order valence-corrected chi connectivity index (χ2v) is 7.29. The summed E-state index contributed by atoms with van der Waals surface area (Å²) in [4.78, 5) is 24.8. The highest BCUT2D eigenvalue weighted by atomic mass is 35.5. The fourth-order valence-electron chi connectivity index (χ4n) is 2.42. The number of amides is 1. The molecule has 0 aliphatic heterocycles. The van der Waals surface area contributed by atoms with Gasteiger partial charge in [-0.1, -0.05) is 18.2 Å². The van der Waals surface area contributed by atoms with Crippen LogP contribution in [0.5, 0.6) is 5.75 Å². The molecule has 1 amide bonds. The Morgan fingerprint density at radius 2 is 2.23 bits per heavy atom. The molecule has 0 saturated carbocycles. The second-order valence-electron chi connectivity index (χ2n) is 5.49. The van der Waals surface area contributed by atoms with Gasteiger partial charge in [0.2, 0.25) is 0 Å². The number of benzene rings is 1. The first kappa shape index (κ1) is 19.9. The van der Waals surface area contributed by atoms with Crippen molar-refractivity contribution in [3.63, 3.8) is 0 Å². The van der Waals surface area contributed by atoms with Gasteiger partial charge in [0, 0.05) is 6.07 Å². The van der Waals surface area contributed by atoms with Gasteiger partial charge in [0.25, 0.3) is 11.6 Å². The summed E-state index contributed by atoms with van der Waals surface area (Å²) in [7, 11) is 1.39. The zero-order valence-corrected chi connectivity index (χ0v) is 15.7. The van der Waals surface area contributed by atoms with Crippen LogP contribution in [0.1, 0.15) is 4.88 Å². The molecule has 0 aliphatic carbocycles. The van der Waals surface area contributed by atoms with Crippen molar-refractivity contribution in [2.24, 2.45) is 0 Å². The normalized spacial score (nSPS) is 11.6. The molecule has 0 radical (unpaired) electrons. The molecule has 1 atom stereocenters. The molecule has 1 aromatic carbocycles. The van der Waals surface area contributed by atoms with Gasteiger partial charge in [0.15, 0.2) is 6.54 Å². The van der Waals surface area contributed by atoms with Crippen LogP contribution in [0, 0.1) is 10.1 Å². The van der Waals surface area contributed by atoms with Gasteiger partial charge in [-0.25, -0.2) is 0 Å². The number of hydrogen-bond donors (Lipinski definition) is 2. The summed E-state index contributed by atoms with van der Waals surface area (Å²) >= 11 is 7.43. The number of halogens is 1. The first-order valence-corrected chi connectivity index (χ1v) is 8.93. The lowest BCUT2D eigenvalue weighted by atomic mass is 10.2. The number of quaternary nitrogens is 1. The number of nitrogens with zero attached hydrogens (tertiary/aromatic N) is 1. The van der Waals surface area contributed by atoms with Gasteiger partial charge in [-0.05, 0) is 24.3 Å². The van der Waals surface area contributed by atoms with E-state index in [4.69, 9.17) is 16.3 Å². The minimum atomic E-state index is -0.518. The van der Waals surface area contributed by atoms with Gasteiger partial charge in [0.1, 0.15) is 12.3 Å². The zero-order valence-electron chi connectivity index (χ0n) is 14.2. The molecule has 138 valence electrons. The largest absolute Gasteiger partial charge is 0.494 e. The number of nitrogens with one attached hydrogen (secondary N) is 2. The molecule has 1 heterocycles. The molecule has 7 nitrogen and oxygen atoms in total. The van der Waals surface area contributed by atoms with E-state index in [1.54, 1.807) is 6.08 Å². The Labute approximate surface area is 160 Å². The molecule has 26 heavy (non-hydrogen) atoms. The average Bonchev–Trinajstić information content (AvgIpc) is 3.00. The molecule has 0 aliphatic rings. The maximum absolute atomic E-state index is 12.4. The van der Waals surface area contributed by atoms with Crippen LogP contribution in [0.25, 0.3) is 0 Å². The molecule has 9 heteroatoms. The molecular weight excluding hydrogens is 378 g/mol. The Balaban J connectivity index is 2.05. The molecule has 2 aromatic rings. The van der Waals surface area contributed by atoms with E-state index >= 15 is 0 Å². The maximum Gasteiger partial charge on any atom is 0.279 e. The minimum absolute atomic E-state index is 0.103. The summed E-state index contributed by atoms with van der Waals surface area (Å²) in [5, 5.41) is 13.6. The lowest BCUT2D eigenvalue weighted by Gasteiger charge is -2.17. The van der Waals surface area contributed by atoms with Crippen LogP contribution in [0.15, 0.2) is 43.0 Å². The maximum atomic E-state index is 12.4. The first-order chi connectivity index (χ1) is 12.4. The van der Waals surface area contributed by atoms with E-state index in [0.29, 0.717) is 23.1 Å². The van der Waals surface area contributed by atoms with Gasteiger partial charge in [-0.3, -0.25) is 14.9 Å². The molecule has 0 bridgehead atoms. The predicted octanol–water partition coefficient (Wildman–Crippen LogP) is 2.53. The predicted molar refractivity (Wildman–Crippen MR) is 102 cm³/mol. The highest BCUT2D eigenvalue weighted by Gasteiger charge is 2.18. The molecule has 0 spiro atoms. The fourth-order valence-corrected chi connectivity index (χ4v) is 3.58. The van der Waals surface area contributed by atoms with Crippen LogP contribution < -0.4 is 15.0 Å². The van der Waals surface area contributed by atoms with Gasteiger partial charge in [-0.15, -0.1) is 11.3 Å². The minimum Gasteiger partial charge on any atom is -0.494 e. The topological polar surface area (TPSA) is 85.9 Å². The summed E-state index contributed by atoms with van der Waals surface area (Å²) in [5.41, 5.74) is 0.286. The Kier molecular flexibility index (Phi) is 7.14. The Bertz CT molecular complexity index is 809. The van der Waals surface area contributed by atoms with Crippen molar-refractivity contribution < 1.29 is 19.4 Å². The number of carbonyl (C=O) groups is 1. The summed E-state index contributed by atoms with van der Waals surface area (Å²) in [6.07, 6.45) is 1.75. The SMILES string of the molecule is C=CC[NH+](CC(=O)Nc1ccc([N+](=O)[O-])cc1OC)Cc1ccc(Cl)s1. The standard InChI is InChI=1S/C17H18ClN3O4S/c1-3-8-20(10-13-5-7-16(18)26-13)11-17(22)19-14-6-4-12(21(23)24)9-15(14)25-2/h3-7,9H,1,8,10-11H2,2H3,(H,19,22)/p+1. The lowest BCUT2D eigenvalue weighted by Crippen LogP contribution is -3.11. The number of ether oxygens (including phenoxy) is 1. The number of anilines is 1. The summed E-state index contributed by atoms with van der Waals surface area (Å²) in [6.45, 7) is 5.20. The molecule has 2 rings (SSSR count). The molecule has 0 fully saturated rings. The second kappa shape index (κ2) is 9.33. The van der Waals surface area contributed by atoms with Gasteiger partial charge in [-0.2, -0.15) is 0 Å². The van der Waals surface area contributed by atoms with E-state index in [-0.39, 0.29) is 23.9 Å². The van der Waals surface area contributed by atoms with Crippen LogP contribution in [-0.2, 0) is 11.3 Å². The number of hydrogen-bond acceptors (Lipinski definition) is 5. The van der Waals surface area contributed by atoms with Crippen molar-refractivity contribution in [2.45, 2.75) is 6.54 Å². The van der Waals surface area contributed by atoms with Gasteiger partial charge >= 0.3 is 0 Å². The highest BCUT2D eigenvalue weighted by molar-refractivity contribution is 7.16. The number of nitro benzene ring substituents is 1. The van der Waals surface area contributed by atoms with E-state index in [0.717, 1.165) is 9.78 Å². The van der Waals surface area contributed by atoms with Crippen molar-refractivity contribution in [3.05, 3.63) is 62.3 Å². The first-order valence-electron chi connectivity index (χ1n) is 7.74. The van der Waals surface area contributed by atoms with Gasteiger partial charge < -0.3 is 15.0 Å². The smallest absolute Gasteiger partial charge is 0.279 e. The Hall–Kier alpha value is -2.42. The zero-order chi connectivity index (χ0) is 19.1. The van der Waals surface area contributed by atoms with Crippen LogP contribution in [-0.4, -0.2) is 31.0 Å². The monoisotopic (exact) mass is 396 g/mol. The van der Waals surface area contributed by atoms with E-state index in [1.165, 1.54) is 36.6 Å². The third-order valence-corrected chi connectivity index (χ3v) is 4.80. The number of non-ortho nitro benzene ring substituents is 1. The van der Waals surface area contributed by atoms with Crippen molar-refractivity contribution in [3.8, 4) is 5.75 Å². The van der Waals surface area contributed by atoms with Crippen LogP contribution >= 0.6 is 22.9 Å². The molecular formula is C17H19ClN3O4S+. The Morgan fingerprint density at radius 1 is 1.46 bits per heavy atom. The van der Waals surface area contributed by atoms with Crippen LogP contribution in [0.4, 0.5) is 11.4 Å². The van der Waals surface area contributed by atoms with Crippen molar-refractivity contribution in [2.75, 3.05) is 25.5 Å². The summed E-state index contributed by atoms with van der Waals surface area (Å²) < 4.78 is 5.84. The van der Waals surface area contributed by atoms with Crippen molar-refractivity contribution in [1.29, 1.82) is 0 Å². The van der Waals surface area contributed by atoms with Gasteiger partial charge in [0.05, 0.1) is 39.5 Å². The highest BCUT2D eigenvalue weighted by Crippen LogP contribution is 2.28. The van der Waals surface area contributed by atoms with E-state index < -0.39 is 4.92 Å². The van der Waals surface area contributed by atoms with Crippen LogP contribution in [0.3, 0.4) is 0 Å². The Morgan fingerprint density at radius 3 is 2.81 bits per heavy atom. The molecule has 1 unspecified atom stereocenters. The van der Waals surface area contributed by atoms with E-state index in [1.807, 2.05) is 12.1 Å². The molecule has 1 aromatic heterocycles. The lowest BCUT2D eigenvalue weighted by molar-refractivity contribution is -0.899. The molecule has 2 N–H and O–H groups in total. The summed E-state index contributed by atoms with van der Waals surface area (Å²) in [6, 6.07) is 7.82. The summed E-state index contributed by atoms with van der Waals surface area (Å²) in [5.74, 6) is 0.0134. The van der Waals surface area contributed by atoms with Crippen molar-refractivity contribution in [1.82, 2.24) is 0 Å². The number of rotatable bonds is 9. The number of carbonyl (C=O) groups excluding carboxylic acids is 1. The third-order valence-electron chi connectivity index (χ3n) is 3.57. The number of methoxy groups -OCH3 is 1. The molecule has 0 saturated heterocycles. The third kappa shape index (κ3) is 5.55. The number of nitro groups is 1. The van der Waals surface area contributed by atoms with Crippen molar-refractivity contribution >= 4 is 40.2 Å². The fraction of sp³-hybridized carbons (Fsp3) is 0.235.